The Hall–Kier alpha value is -0.560. The van der Waals surface area contributed by atoms with E-state index in [0.717, 1.165) is 35.5 Å². The van der Waals surface area contributed by atoms with E-state index >= 15 is 0 Å². The summed E-state index contributed by atoms with van der Waals surface area (Å²) in [5.41, 5.74) is 4.87. The van der Waals surface area contributed by atoms with E-state index in [1.165, 1.54) is 89.9 Å². The van der Waals surface area contributed by atoms with Crippen LogP contribution in [-0.2, 0) is 4.74 Å². The van der Waals surface area contributed by atoms with Crippen LogP contribution in [0.1, 0.15) is 145 Å². The average Bonchev–Trinajstić information content (AvgIpc) is 2.85. The van der Waals surface area contributed by atoms with Crippen molar-refractivity contribution in [2.45, 2.75) is 157 Å². The largest absolute Gasteiger partial charge is 0.371 e. The standard InChI is InChI=1S/C37H62O/c1-9-11-27(5)31-12-10-19-36(7)33-16-15-29-24-30(17-20-35(29,6)32(33)18-21-37(31,36)8)38-34-23-26(4)13-14-28(34)22-25(2)3/h11,24-26,28,30-34H,9-10,12-23H2,1-8H3/b27-11+/t26-,28-,30?,31?,32?,33?,34?,35?,36?,37?/m0/s1. The maximum atomic E-state index is 7.05. The lowest BCUT2D eigenvalue weighted by molar-refractivity contribution is -0.160. The molecule has 0 aliphatic heterocycles. The van der Waals surface area contributed by atoms with Crippen LogP contribution in [0.2, 0.25) is 0 Å². The maximum Gasteiger partial charge on any atom is 0.0762 e. The van der Waals surface area contributed by atoms with Crippen molar-refractivity contribution in [3.05, 3.63) is 23.3 Å². The Morgan fingerprint density at radius 2 is 1.76 bits per heavy atom. The van der Waals surface area contributed by atoms with Crippen molar-refractivity contribution in [3.63, 3.8) is 0 Å². The summed E-state index contributed by atoms with van der Waals surface area (Å²) in [5, 5.41) is 0. The van der Waals surface area contributed by atoms with Gasteiger partial charge >= 0.3 is 0 Å². The molecule has 5 aliphatic rings. The second-order valence-electron chi connectivity index (χ2n) is 16.1. The first-order chi connectivity index (χ1) is 18.0. The zero-order valence-electron chi connectivity index (χ0n) is 26.6. The van der Waals surface area contributed by atoms with Crippen molar-refractivity contribution in [3.8, 4) is 0 Å². The lowest BCUT2D eigenvalue weighted by Gasteiger charge is -2.67. The van der Waals surface area contributed by atoms with Crippen LogP contribution < -0.4 is 0 Å². The van der Waals surface area contributed by atoms with Gasteiger partial charge in [0.05, 0.1) is 12.2 Å². The van der Waals surface area contributed by atoms with Gasteiger partial charge in [-0.1, -0.05) is 84.6 Å². The Kier molecular flexibility index (Phi) is 8.40. The lowest BCUT2D eigenvalue weighted by atomic mass is 9.37. The zero-order valence-corrected chi connectivity index (χ0v) is 26.6. The molecule has 4 fully saturated rings. The summed E-state index contributed by atoms with van der Waals surface area (Å²) < 4.78 is 7.05. The van der Waals surface area contributed by atoms with Gasteiger partial charge in [-0.15, -0.1) is 0 Å². The predicted molar refractivity (Wildman–Crippen MR) is 163 cm³/mol. The molecule has 0 saturated heterocycles. The van der Waals surface area contributed by atoms with E-state index in [9.17, 15) is 0 Å². The molecule has 0 heterocycles. The van der Waals surface area contributed by atoms with Crippen LogP contribution in [-0.4, -0.2) is 12.2 Å². The smallest absolute Gasteiger partial charge is 0.0762 e. The molecular weight excluding hydrogens is 460 g/mol. The number of rotatable bonds is 6. The molecule has 8 unspecified atom stereocenters. The van der Waals surface area contributed by atoms with Gasteiger partial charge in [0.2, 0.25) is 0 Å². The highest BCUT2D eigenvalue weighted by Crippen LogP contribution is 2.71. The highest BCUT2D eigenvalue weighted by Gasteiger charge is 2.63. The van der Waals surface area contributed by atoms with E-state index in [4.69, 9.17) is 4.74 Å². The van der Waals surface area contributed by atoms with Gasteiger partial charge in [-0.3, -0.25) is 0 Å². The minimum absolute atomic E-state index is 0.366. The van der Waals surface area contributed by atoms with Gasteiger partial charge in [0.25, 0.3) is 0 Å². The molecule has 38 heavy (non-hydrogen) atoms. The average molecular weight is 523 g/mol. The van der Waals surface area contributed by atoms with Crippen molar-refractivity contribution in [2.24, 2.45) is 51.8 Å². The van der Waals surface area contributed by atoms with Gasteiger partial charge in [-0.2, -0.15) is 0 Å². The van der Waals surface area contributed by atoms with Crippen molar-refractivity contribution in [1.29, 1.82) is 0 Å². The summed E-state index contributed by atoms with van der Waals surface area (Å²) in [5.74, 6) is 4.95. The molecule has 0 aromatic heterocycles. The van der Waals surface area contributed by atoms with Crippen molar-refractivity contribution < 1.29 is 4.74 Å². The molecule has 0 spiro atoms. The number of allylic oxidation sites excluding steroid dienone is 3. The monoisotopic (exact) mass is 522 g/mol. The number of fused-ring (bicyclic) bond motifs is 5. The minimum Gasteiger partial charge on any atom is -0.371 e. The molecule has 0 amide bonds. The topological polar surface area (TPSA) is 9.23 Å². The third-order valence-corrected chi connectivity index (χ3v) is 13.5. The fourth-order valence-corrected chi connectivity index (χ4v) is 11.3. The van der Waals surface area contributed by atoms with E-state index in [1.807, 2.05) is 0 Å². The van der Waals surface area contributed by atoms with Crippen LogP contribution in [0.3, 0.4) is 0 Å². The van der Waals surface area contributed by atoms with E-state index in [1.54, 1.807) is 11.1 Å². The van der Waals surface area contributed by atoms with Crippen LogP contribution >= 0.6 is 0 Å². The first-order valence-corrected chi connectivity index (χ1v) is 17.0. The third-order valence-electron chi connectivity index (χ3n) is 13.5. The normalized spacial score (nSPS) is 47.7. The second-order valence-corrected chi connectivity index (χ2v) is 16.1. The summed E-state index contributed by atoms with van der Waals surface area (Å²) in [6.07, 6.45) is 25.2. The summed E-state index contributed by atoms with van der Waals surface area (Å²) in [4.78, 5) is 0. The molecule has 1 nitrogen and oxygen atoms in total. The van der Waals surface area contributed by atoms with Crippen LogP contribution in [0.25, 0.3) is 0 Å². The molecule has 0 aromatic rings. The molecule has 0 radical (unpaired) electrons. The lowest BCUT2D eigenvalue weighted by Crippen LogP contribution is -2.60. The quantitative estimate of drug-likeness (QED) is 0.315. The van der Waals surface area contributed by atoms with E-state index in [2.05, 4.69) is 67.5 Å². The van der Waals surface area contributed by atoms with Gasteiger partial charge in [-0.25, -0.2) is 0 Å². The van der Waals surface area contributed by atoms with Gasteiger partial charge in [0.1, 0.15) is 0 Å². The molecule has 5 aliphatic carbocycles. The summed E-state index contributed by atoms with van der Waals surface area (Å²) >= 11 is 0. The first kappa shape index (κ1) is 29.0. The molecular formula is C37H62O. The van der Waals surface area contributed by atoms with Crippen LogP contribution in [0.4, 0.5) is 0 Å². The summed E-state index contributed by atoms with van der Waals surface area (Å²) in [7, 11) is 0. The highest BCUT2D eigenvalue weighted by molar-refractivity contribution is 5.27. The van der Waals surface area contributed by atoms with E-state index < -0.39 is 0 Å². The van der Waals surface area contributed by atoms with Gasteiger partial charge in [-0.05, 0) is 136 Å². The van der Waals surface area contributed by atoms with E-state index in [-0.39, 0.29) is 0 Å². The highest BCUT2D eigenvalue weighted by atomic mass is 16.5. The van der Waals surface area contributed by atoms with Gasteiger partial charge in [0, 0.05) is 0 Å². The molecule has 10 atom stereocenters. The second kappa shape index (κ2) is 11.0. The Bertz CT molecular complexity index is 896. The molecule has 4 saturated carbocycles. The van der Waals surface area contributed by atoms with Crippen LogP contribution in [0, 0.1) is 51.8 Å². The first-order valence-electron chi connectivity index (χ1n) is 17.0. The molecule has 5 rings (SSSR count). The van der Waals surface area contributed by atoms with E-state index in [0.29, 0.717) is 28.5 Å². The molecule has 1 heteroatoms. The number of ether oxygens (including phenoxy) is 1. The SMILES string of the molecule is CC/C=C(\C)C1CCCC2(C)C3CCC4=CC(OC5C[C@@H](C)CC[C@H]5CC(C)C)CCC4(C)C3CCC12C. The fourth-order valence-electron chi connectivity index (χ4n) is 11.3. The van der Waals surface area contributed by atoms with Crippen molar-refractivity contribution in [1.82, 2.24) is 0 Å². The molecule has 0 aromatic carbocycles. The predicted octanol–water partition coefficient (Wildman–Crippen LogP) is 10.9. The Balaban J connectivity index is 1.35. The molecule has 0 bridgehead atoms. The Labute approximate surface area is 237 Å². The van der Waals surface area contributed by atoms with Crippen molar-refractivity contribution >= 4 is 0 Å². The van der Waals surface area contributed by atoms with Gasteiger partial charge < -0.3 is 4.74 Å². The van der Waals surface area contributed by atoms with Gasteiger partial charge in [0.15, 0.2) is 0 Å². The Morgan fingerprint density at radius 1 is 0.974 bits per heavy atom. The summed E-state index contributed by atoms with van der Waals surface area (Å²) in [6.45, 7) is 20.2. The maximum absolute atomic E-state index is 7.05. The zero-order chi connectivity index (χ0) is 27.3. The molecule has 0 N–H and O–H groups in total. The van der Waals surface area contributed by atoms with Crippen LogP contribution in [0.5, 0.6) is 0 Å². The fraction of sp³-hybridized carbons (Fsp3) is 0.892. The van der Waals surface area contributed by atoms with Crippen LogP contribution in [0.15, 0.2) is 23.3 Å². The summed E-state index contributed by atoms with van der Waals surface area (Å²) in [6, 6.07) is 0. The Morgan fingerprint density at radius 3 is 2.50 bits per heavy atom. The van der Waals surface area contributed by atoms with Crippen molar-refractivity contribution in [2.75, 3.05) is 0 Å². The minimum atomic E-state index is 0.366. The number of hydrogen-bond donors (Lipinski definition) is 0. The number of hydrogen-bond acceptors (Lipinski definition) is 1. The molecule has 216 valence electrons. The third kappa shape index (κ3) is 4.92.